The third kappa shape index (κ3) is 8.22. The first kappa shape index (κ1) is 43.3. The summed E-state index contributed by atoms with van der Waals surface area (Å²) in [6.45, 7) is 9.06. The van der Waals surface area contributed by atoms with Crippen LogP contribution in [0.4, 0.5) is 0 Å². The van der Waals surface area contributed by atoms with Crippen LogP contribution < -0.4 is 4.40 Å². The van der Waals surface area contributed by atoms with Gasteiger partial charge in [-0.2, -0.15) is 0 Å². The number of hydrogen-bond acceptors (Lipinski definition) is 5. The fourth-order valence-electron chi connectivity index (χ4n) is 10.6. The molecule has 4 aromatic carbocycles. The molecule has 5 heterocycles. The van der Waals surface area contributed by atoms with Crippen LogP contribution in [0.5, 0.6) is 0 Å². The quantitative estimate of drug-likeness (QED) is 0.112. The van der Waals surface area contributed by atoms with Crippen LogP contribution in [0.2, 0.25) is 17.3 Å². The Hall–Kier alpha value is -4.95. The molecule has 2 aliphatic rings. The van der Waals surface area contributed by atoms with Gasteiger partial charge in [-0.05, 0) is 63.5 Å². The maximum Gasteiger partial charge on any atom is 0 e. The fourth-order valence-corrected chi connectivity index (χ4v) is 13.9. The number of hydrogen-bond donors (Lipinski definition) is 0. The third-order valence-corrected chi connectivity index (χ3v) is 17.8. The van der Waals surface area contributed by atoms with E-state index in [9.17, 15) is 0 Å². The van der Waals surface area contributed by atoms with E-state index in [1.165, 1.54) is 59.7 Å². The molecule has 8 heteroatoms. The Balaban J connectivity index is 0.000000174. The molecule has 0 amide bonds. The molecular weight excluding hydrogens is 1010 g/mol. The van der Waals surface area contributed by atoms with Gasteiger partial charge >= 0.3 is 149 Å². The standard InChI is InChI=1S/C33H27N4O.C22H28GeN.Ir/c1-19(2)25-15-21-9-5-6-10-23(21)30(20(3)4)31(25)37-28-13-14-34-18-27(28)36-32(37)22-16-26-24-11-7-8-12-29(24)38-33(26)35-17-22;1-23(2,3)21-15-24-22(17-7-5-4-6-8-17)14-20(21)13-19-12-16-9-10-18(19)11-16;/h5-15,17-20H,1-4H3;4-7,14-16,18-19H,9-13H2,1-3H3;/q2*-1;. The van der Waals surface area contributed by atoms with E-state index in [4.69, 9.17) is 19.4 Å². The fraction of sp³-hybridized carbons (Fsp3) is 0.309. The van der Waals surface area contributed by atoms with Crippen molar-refractivity contribution < 1.29 is 24.5 Å². The van der Waals surface area contributed by atoms with Gasteiger partial charge in [-0.25, -0.2) is 0 Å². The summed E-state index contributed by atoms with van der Waals surface area (Å²) in [6.07, 6.45) is 14.9. The molecule has 63 heavy (non-hydrogen) atoms. The zero-order chi connectivity index (χ0) is 42.7. The van der Waals surface area contributed by atoms with Gasteiger partial charge in [0.2, 0.25) is 0 Å². The van der Waals surface area contributed by atoms with E-state index in [1.807, 2.05) is 55.0 Å². The zero-order valence-electron chi connectivity index (χ0n) is 37.4. The second-order valence-corrected chi connectivity index (χ2v) is 29.9. The number of para-hydroxylation sites is 1. The molecule has 2 bridgehead atoms. The van der Waals surface area contributed by atoms with Gasteiger partial charge < -0.3 is 8.98 Å². The van der Waals surface area contributed by atoms with Crippen LogP contribution in [0.25, 0.3) is 72.2 Å². The van der Waals surface area contributed by atoms with E-state index in [-0.39, 0.29) is 20.1 Å². The average Bonchev–Trinajstić information content (AvgIpc) is 4.08. The number of fused-ring (bicyclic) bond motifs is 7. The van der Waals surface area contributed by atoms with Gasteiger partial charge in [0.25, 0.3) is 0 Å². The van der Waals surface area contributed by atoms with Gasteiger partial charge in [-0.15, -0.1) is 6.07 Å². The molecule has 0 spiro atoms. The summed E-state index contributed by atoms with van der Waals surface area (Å²) >= 11 is -1.90. The van der Waals surface area contributed by atoms with Gasteiger partial charge in [0.1, 0.15) is 0 Å². The average molecular weight is 1070 g/mol. The summed E-state index contributed by atoms with van der Waals surface area (Å²) in [5.74, 6) is 11.8. The molecule has 0 aliphatic heterocycles. The number of nitrogens with zero attached hydrogens (tertiary/aromatic N) is 5. The van der Waals surface area contributed by atoms with Gasteiger partial charge in [-0.1, -0.05) is 81.1 Å². The largest absolute Gasteiger partial charge is 0 e. The summed E-state index contributed by atoms with van der Waals surface area (Å²) in [4.78, 5) is 19.0. The summed E-state index contributed by atoms with van der Waals surface area (Å²) < 4.78 is 9.90. The molecule has 5 aromatic heterocycles. The van der Waals surface area contributed by atoms with Gasteiger partial charge in [0, 0.05) is 32.0 Å². The molecule has 3 atom stereocenters. The second-order valence-electron chi connectivity index (χ2n) is 19.4. The molecule has 9 aromatic rings. The first-order valence-electron chi connectivity index (χ1n) is 22.6. The maximum atomic E-state index is 5.99. The van der Waals surface area contributed by atoms with Crippen molar-refractivity contribution in [1.82, 2.24) is 24.5 Å². The van der Waals surface area contributed by atoms with E-state index in [2.05, 4.69) is 127 Å². The molecule has 3 unspecified atom stereocenters. The van der Waals surface area contributed by atoms with Crippen molar-refractivity contribution in [3.8, 4) is 28.3 Å². The monoisotopic (exact) mass is 1070 g/mol. The number of benzene rings is 4. The summed E-state index contributed by atoms with van der Waals surface area (Å²) in [5.41, 5.74) is 11.7. The molecule has 0 saturated heterocycles. The van der Waals surface area contributed by atoms with Crippen LogP contribution in [-0.4, -0.2) is 37.8 Å². The Labute approximate surface area is 387 Å². The van der Waals surface area contributed by atoms with Crippen molar-refractivity contribution in [2.24, 2.45) is 17.8 Å². The molecular formula is C55H55GeIrN5O-2. The topological polar surface area (TPSA) is 69.6 Å². The van der Waals surface area contributed by atoms with Crippen LogP contribution in [0.15, 0.2) is 120 Å². The number of furan rings is 1. The Kier molecular flexibility index (Phi) is 12.1. The van der Waals surface area contributed by atoms with Crippen LogP contribution in [-0.2, 0) is 26.5 Å². The zero-order valence-corrected chi connectivity index (χ0v) is 41.9. The Bertz CT molecular complexity index is 3090. The van der Waals surface area contributed by atoms with Crippen molar-refractivity contribution >= 4 is 61.5 Å². The molecule has 321 valence electrons. The van der Waals surface area contributed by atoms with Gasteiger partial charge in [0.05, 0.1) is 28.6 Å². The number of pyridine rings is 3. The van der Waals surface area contributed by atoms with E-state index >= 15 is 0 Å². The number of aromatic nitrogens is 5. The first-order valence-corrected chi connectivity index (χ1v) is 29.9. The Morgan fingerprint density at radius 2 is 1.60 bits per heavy atom. The second kappa shape index (κ2) is 17.6. The summed E-state index contributed by atoms with van der Waals surface area (Å²) in [7, 11) is 0. The van der Waals surface area contributed by atoms with Crippen LogP contribution in [0.1, 0.15) is 81.9 Å². The van der Waals surface area contributed by atoms with E-state index < -0.39 is 13.3 Å². The first-order chi connectivity index (χ1) is 30.0. The minimum atomic E-state index is -1.90. The van der Waals surface area contributed by atoms with Crippen molar-refractivity contribution in [1.29, 1.82) is 0 Å². The van der Waals surface area contributed by atoms with Crippen LogP contribution >= 0.6 is 0 Å². The van der Waals surface area contributed by atoms with Crippen molar-refractivity contribution in [2.75, 3.05) is 0 Å². The normalized spacial score (nSPS) is 17.3. The molecule has 6 nitrogen and oxygen atoms in total. The molecule has 0 N–H and O–H groups in total. The molecule has 2 saturated carbocycles. The third-order valence-electron chi connectivity index (χ3n) is 13.5. The molecule has 1 radical (unpaired) electrons. The van der Waals surface area contributed by atoms with E-state index in [0.29, 0.717) is 17.5 Å². The van der Waals surface area contributed by atoms with Crippen molar-refractivity contribution in [3.63, 3.8) is 0 Å². The van der Waals surface area contributed by atoms with Gasteiger partial charge in [0.15, 0.2) is 5.71 Å². The molecule has 2 fully saturated rings. The maximum absolute atomic E-state index is 5.99. The predicted molar refractivity (Wildman–Crippen MR) is 258 cm³/mol. The Morgan fingerprint density at radius 1 is 0.810 bits per heavy atom. The molecule has 11 rings (SSSR count). The predicted octanol–water partition coefficient (Wildman–Crippen LogP) is 13.7. The SMILES string of the molecule is CC(C)c1cc2ccccc2c(C(C)C)c1-n1c(-c2[c-]c3c(nc2)oc2ccccc23)nc2cnccc21.[CH3][Ge]([CH3])([CH3])[c]1cnc(-c2[c-]cccc2)cc1CC1CC2CCC1C2.[Ir]. The van der Waals surface area contributed by atoms with Crippen LogP contribution in [0, 0.1) is 29.9 Å². The van der Waals surface area contributed by atoms with Crippen LogP contribution in [0.3, 0.4) is 0 Å². The molecule has 2 aliphatic carbocycles. The number of imidazole rings is 1. The van der Waals surface area contributed by atoms with Gasteiger partial charge in [-0.3, -0.25) is 15.0 Å². The smallest absolute Gasteiger partial charge is 0 e. The van der Waals surface area contributed by atoms with E-state index in [0.717, 1.165) is 67.8 Å². The van der Waals surface area contributed by atoms with Crippen molar-refractivity contribution in [2.45, 2.75) is 88.9 Å². The summed E-state index contributed by atoms with van der Waals surface area (Å²) in [6, 6.07) is 38.6. The van der Waals surface area contributed by atoms with Crippen molar-refractivity contribution in [3.05, 3.63) is 145 Å². The summed E-state index contributed by atoms with van der Waals surface area (Å²) in [5, 5.41) is 4.39. The van der Waals surface area contributed by atoms with E-state index in [1.54, 1.807) is 9.96 Å². The Morgan fingerprint density at radius 3 is 2.33 bits per heavy atom. The number of rotatable bonds is 8. The minimum Gasteiger partial charge on any atom is 0 e. The minimum absolute atomic E-state index is 0.